The van der Waals surface area contributed by atoms with Crippen molar-refractivity contribution in [1.29, 1.82) is 0 Å². The van der Waals surface area contributed by atoms with E-state index in [-0.39, 0.29) is 37.0 Å². The molecule has 0 rings (SSSR count). The van der Waals surface area contributed by atoms with Crippen LogP contribution in [0.4, 0.5) is 0 Å². The molecule has 7 heteroatoms. The van der Waals surface area contributed by atoms with E-state index in [0.29, 0.717) is 32.4 Å². The Bertz CT molecular complexity index is 1060. The van der Waals surface area contributed by atoms with Gasteiger partial charge in [0.25, 0.3) is 0 Å². The van der Waals surface area contributed by atoms with Crippen molar-refractivity contribution in [3.05, 3.63) is 48.6 Å². The number of ether oxygens (including phenoxy) is 2. The maximum atomic E-state index is 13.6. The lowest BCUT2D eigenvalue weighted by Gasteiger charge is -2.30. The fourth-order valence-corrected chi connectivity index (χ4v) is 7.53. The molecule has 0 heterocycles. The molecule has 62 heavy (non-hydrogen) atoms. The third-order valence-electron chi connectivity index (χ3n) is 11.8. The first-order chi connectivity index (χ1) is 30.4. The molecule has 360 valence electrons. The predicted octanol–water partition coefficient (Wildman–Crippen LogP) is 15.2. The lowest BCUT2D eigenvalue weighted by atomic mass is 10.1. The highest BCUT2D eigenvalue weighted by molar-refractivity contribution is 5.76. The second-order valence-electron chi connectivity index (χ2n) is 17.6. The van der Waals surface area contributed by atoms with Gasteiger partial charge in [-0.2, -0.15) is 0 Å². The van der Waals surface area contributed by atoms with Crippen molar-refractivity contribution in [3.8, 4) is 0 Å². The number of nitrogens with zero attached hydrogens (tertiary/aromatic N) is 2. The van der Waals surface area contributed by atoms with Crippen molar-refractivity contribution in [2.75, 3.05) is 45.9 Å². The van der Waals surface area contributed by atoms with Crippen LogP contribution in [0.3, 0.4) is 0 Å². The standard InChI is InChI=1S/C55H100N2O5/c1-6-11-14-17-20-22-24-26-28-30-32-34-36-39-42-45-54(59)61-50-52(49-57(48-47-56(9-4)10-5)53(58)44-41-38-19-16-13-8-3)51-62-55(60)46-43-40-37-35-33-31-29-27-25-23-21-18-15-12-7-2/h20-23,26-29,52H,6-19,24-25,30-51H2,1-5H3/b22-20-,23-21-,28-26-,29-27-. The molecule has 0 saturated carbocycles. The smallest absolute Gasteiger partial charge is 0.305 e. The van der Waals surface area contributed by atoms with E-state index >= 15 is 0 Å². The Kier molecular flexibility index (Phi) is 45.7. The number of unbranched alkanes of at least 4 members (excludes halogenated alkanes) is 21. The van der Waals surface area contributed by atoms with Crippen LogP contribution >= 0.6 is 0 Å². The largest absolute Gasteiger partial charge is 0.465 e. The molecule has 1 amide bonds. The summed E-state index contributed by atoms with van der Waals surface area (Å²) in [7, 11) is 0. The summed E-state index contributed by atoms with van der Waals surface area (Å²) in [4.78, 5) is 43.7. The van der Waals surface area contributed by atoms with Gasteiger partial charge in [0.15, 0.2) is 0 Å². The normalized spacial score (nSPS) is 12.0. The first kappa shape index (κ1) is 59.3. The number of amides is 1. The molecule has 0 bridgehead atoms. The molecule has 0 aliphatic carbocycles. The Morgan fingerprint density at radius 1 is 0.419 bits per heavy atom. The molecule has 0 aromatic rings. The van der Waals surface area contributed by atoms with Crippen molar-refractivity contribution in [2.24, 2.45) is 5.92 Å². The molecule has 0 atom stereocenters. The van der Waals surface area contributed by atoms with Gasteiger partial charge in [0.1, 0.15) is 0 Å². The van der Waals surface area contributed by atoms with Crippen LogP contribution in [0, 0.1) is 5.92 Å². The van der Waals surface area contributed by atoms with Crippen molar-refractivity contribution in [3.63, 3.8) is 0 Å². The zero-order valence-corrected chi connectivity index (χ0v) is 41.5. The van der Waals surface area contributed by atoms with Crippen LogP contribution in [-0.4, -0.2) is 73.6 Å². The second kappa shape index (κ2) is 47.8. The SMILES string of the molecule is CCCCC/C=C\C/C=C\CCCCCCCC(=O)OCC(COC(=O)CCCCCCC/C=C\C/C=C\CCCCC)CN(CCN(CC)CC)C(=O)CCCCCCCC. The molecule has 0 aromatic carbocycles. The van der Waals surface area contributed by atoms with Crippen LogP contribution in [0.25, 0.3) is 0 Å². The van der Waals surface area contributed by atoms with Crippen LogP contribution in [0.2, 0.25) is 0 Å². The van der Waals surface area contributed by atoms with Gasteiger partial charge in [-0.05, 0) is 96.6 Å². The molecule has 0 fully saturated rings. The monoisotopic (exact) mass is 869 g/mol. The van der Waals surface area contributed by atoms with Crippen LogP contribution < -0.4 is 0 Å². The fourth-order valence-electron chi connectivity index (χ4n) is 7.53. The third-order valence-corrected chi connectivity index (χ3v) is 11.8. The maximum Gasteiger partial charge on any atom is 0.305 e. The first-order valence-electron chi connectivity index (χ1n) is 26.3. The minimum absolute atomic E-state index is 0.144. The highest BCUT2D eigenvalue weighted by atomic mass is 16.5. The summed E-state index contributed by atoms with van der Waals surface area (Å²) in [6.45, 7) is 15.0. The van der Waals surface area contributed by atoms with E-state index in [2.05, 4.69) is 88.1 Å². The quantitative estimate of drug-likeness (QED) is 0.0345. The van der Waals surface area contributed by atoms with Gasteiger partial charge in [0.05, 0.1) is 13.2 Å². The second-order valence-corrected chi connectivity index (χ2v) is 17.6. The van der Waals surface area contributed by atoms with Gasteiger partial charge in [-0.3, -0.25) is 14.4 Å². The van der Waals surface area contributed by atoms with Crippen LogP contribution in [0.5, 0.6) is 0 Å². The Hall–Kier alpha value is -2.67. The number of hydrogen-bond acceptors (Lipinski definition) is 6. The van der Waals surface area contributed by atoms with Gasteiger partial charge < -0.3 is 19.3 Å². The Morgan fingerprint density at radius 3 is 1.19 bits per heavy atom. The van der Waals surface area contributed by atoms with Crippen LogP contribution in [-0.2, 0) is 23.9 Å². The van der Waals surface area contributed by atoms with Crippen molar-refractivity contribution >= 4 is 17.8 Å². The van der Waals surface area contributed by atoms with Crippen molar-refractivity contribution in [1.82, 2.24) is 9.80 Å². The average molecular weight is 869 g/mol. The summed E-state index contributed by atoms with van der Waals surface area (Å²) in [5.41, 5.74) is 0. The molecule has 0 spiro atoms. The molecule has 7 nitrogen and oxygen atoms in total. The molecule has 0 aliphatic heterocycles. The van der Waals surface area contributed by atoms with Gasteiger partial charge in [0, 0.05) is 44.8 Å². The molecule has 0 radical (unpaired) electrons. The minimum atomic E-state index is -0.262. The van der Waals surface area contributed by atoms with Gasteiger partial charge in [-0.1, -0.05) is 180 Å². The molecule has 0 saturated heterocycles. The zero-order valence-electron chi connectivity index (χ0n) is 41.5. The Morgan fingerprint density at radius 2 is 0.774 bits per heavy atom. The summed E-state index contributed by atoms with van der Waals surface area (Å²) >= 11 is 0. The van der Waals surface area contributed by atoms with E-state index in [4.69, 9.17) is 9.47 Å². The zero-order chi connectivity index (χ0) is 45.4. The van der Waals surface area contributed by atoms with E-state index in [1.165, 1.54) is 103 Å². The minimum Gasteiger partial charge on any atom is -0.465 e. The molecule has 0 aromatic heterocycles. The van der Waals surface area contributed by atoms with E-state index in [1.807, 2.05) is 4.90 Å². The topological polar surface area (TPSA) is 76.2 Å². The fraction of sp³-hybridized carbons (Fsp3) is 0.800. The summed E-state index contributed by atoms with van der Waals surface area (Å²) < 4.78 is 11.7. The van der Waals surface area contributed by atoms with Gasteiger partial charge >= 0.3 is 11.9 Å². The highest BCUT2D eigenvalue weighted by Crippen LogP contribution is 2.15. The number of rotatable bonds is 46. The highest BCUT2D eigenvalue weighted by Gasteiger charge is 2.22. The number of likely N-dealkylation sites (N-methyl/N-ethyl adjacent to an activating group) is 1. The molecular weight excluding hydrogens is 769 g/mol. The molecule has 0 aliphatic rings. The lowest BCUT2D eigenvalue weighted by Crippen LogP contribution is -2.43. The van der Waals surface area contributed by atoms with Gasteiger partial charge in [-0.15, -0.1) is 0 Å². The predicted molar refractivity (Wildman–Crippen MR) is 266 cm³/mol. The summed E-state index contributed by atoms with van der Waals surface area (Å²) in [5.74, 6) is -0.525. The van der Waals surface area contributed by atoms with Crippen molar-refractivity contribution in [2.45, 2.75) is 234 Å². The Labute approximate surface area is 384 Å². The number of esters is 2. The van der Waals surface area contributed by atoms with E-state index in [9.17, 15) is 14.4 Å². The van der Waals surface area contributed by atoms with E-state index < -0.39 is 0 Å². The first-order valence-corrected chi connectivity index (χ1v) is 26.3. The molecular formula is C55H100N2O5. The van der Waals surface area contributed by atoms with E-state index in [1.54, 1.807) is 0 Å². The third kappa shape index (κ3) is 41.3. The molecule has 0 N–H and O–H groups in total. The number of hydrogen-bond donors (Lipinski definition) is 0. The number of carbonyl (C=O) groups excluding carboxylic acids is 3. The summed E-state index contributed by atoms with van der Waals surface area (Å²) in [6, 6.07) is 0. The number of carbonyl (C=O) groups is 3. The summed E-state index contributed by atoms with van der Waals surface area (Å²) in [6.07, 6.45) is 51.5. The molecule has 0 unspecified atom stereocenters. The van der Waals surface area contributed by atoms with E-state index in [0.717, 1.165) is 96.7 Å². The number of allylic oxidation sites excluding steroid dienone is 8. The van der Waals surface area contributed by atoms with Gasteiger partial charge in [0.2, 0.25) is 5.91 Å². The average Bonchev–Trinajstić information content (AvgIpc) is 3.27. The maximum absolute atomic E-state index is 13.6. The summed E-state index contributed by atoms with van der Waals surface area (Å²) in [5, 5.41) is 0. The Balaban J connectivity index is 4.95. The van der Waals surface area contributed by atoms with Crippen molar-refractivity contribution < 1.29 is 23.9 Å². The lowest BCUT2D eigenvalue weighted by molar-refractivity contribution is -0.150. The van der Waals surface area contributed by atoms with Crippen LogP contribution in [0.15, 0.2) is 48.6 Å². The van der Waals surface area contributed by atoms with Gasteiger partial charge in [-0.25, -0.2) is 0 Å². The van der Waals surface area contributed by atoms with Crippen LogP contribution in [0.1, 0.15) is 234 Å².